The summed E-state index contributed by atoms with van der Waals surface area (Å²) in [4.78, 5) is 23.7. The molecule has 6 heteroatoms. The lowest BCUT2D eigenvalue weighted by atomic mass is 10.2. The molecule has 0 aliphatic rings. The molecule has 0 aromatic heterocycles. The molecule has 6 nitrogen and oxygen atoms in total. The third-order valence-electron chi connectivity index (χ3n) is 3.88. The minimum absolute atomic E-state index is 0.0488. The van der Waals surface area contributed by atoms with E-state index < -0.39 is 0 Å². The summed E-state index contributed by atoms with van der Waals surface area (Å²) in [6, 6.07) is 25.9. The number of benzene rings is 3. The van der Waals surface area contributed by atoms with Crippen LogP contribution in [0.25, 0.3) is 0 Å². The molecule has 2 N–H and O–H groups in total. The second-order valence-corrected chi connectivity index (χ2v) is 6.19. The van der Waals surface area contributed by atoms with Gasteiger partial charge in [0.05, 0.1) is 6.21 Å². The molecule has 0 saturated carbocycles. The largest absolute Gasteiger partial charge is 0.457 e. The molecule has 0 bridgehead atoms. The van der Waals surface area contributed by atoms with Crippen molar-refractivity contribution in [3.05, 3.63) is 90.5 Å². The fraction of sp³-hybridized carbons (Fsp3) is 0.0870. The maximum absolute atomic E-state index is 11.9. The minimum atomic E-state index is -0.332. The van der Waals surface area contributed by atoms with Gasteiger partial charge < -0.3 is 10.1 Å². The number of amides is 2. The second-order valence-electron chi connectivity index (χ2n) is 6.19. The van der Waals surface area contributed by atoms with Crippen LogP contribution in [-0.4, -0.2) is 18.0 Å². The minimum Gasteiger partial charge on any atom is -0.457 e. The van der Waals surface area contributed by atoms with Gasteiger partial charge in [0.15, 0.2) is 0 Å². The molecule has 0 heterocycles. The monoisotopic (exact) mass is 387 g/mol. The zero-order chi connectivity index (χ0) is 20.3. The Morgan fingerprint density at radius 3 is 2.21 bits per heavy atom. The number of rotatable bonds is 8. The van der Waals surface area contributed by atoms with E-state index >= 15 is 0 Å². The Hall–Kier alpha value is -3.93. The van der Waals surface area contributed by atoms with Crippen molar-refractivity contribution >= 4 is 23.7 Å². The van der Waals surface area contributed by atoms with Crippen LogP contribution >= 0.6 is 0 Å². The van der Waals surface area contributed by atoms with E-state index in [2.05, 4.69) is 15.8 Å². The molecule has 0 saturated heterocycles. The van der Waals surface area contributed by atoms with Gasteiger partial charge in [-0.1, -0.05) is 48.5 Å². The lowest BCUT2D eigenvalue weighted by Gasteiger charge is -2.06. The standard InChI is InChI=1S/C23H21N3O3/c27-22(25-19-9-3-1-4-10-19)14-15-23(28)26-24-17-18-8-7-13-21(16-18)29-20-11-5-2-6-12-20/h1-13,16-17H,14-15H2,(H,25,27)(H,26,28). The Morgan fingerprint density at radius 1 is 0.793 bits per heavy atom. The number of hydrazone groups is 1. The van der Waals surface area contributed by atoms with Crippen LogP contribution in [0.2, 0.25) is 0 Å². The van der Waals surface area contributed by atoms with E-state index in [0.29, 0.717) is 11.4 Å². The van der Waals surface area contributed by atoms with E-state index in [1.165, 1.54) is 6.21 Å². The number of nitrogens with zero attached hydrogens (tertiary/aromatic N) is 1. The first-order valence-electron chi connectivity index (χ1n) is 9.19. The molecule has 29 heavy (non-hydrogen) atoms. The summed E-state index contributed by atoms with van der Waals surface area (Å²) in [5.41, 5.74) is 3.91. The van der Waals surface area contributed by atoms with Gasteiger partial charge in [-0.3, -0.25) is 9.59 Å². The maximum Gasteiger partial charge on any atom is 0.240 e. The van der Waals surface area contributed by atoms with E-state index in [9.17, 15) is 9.59 Å². The van der Waals surface area contributed by atoms with Crippen LogP contribution in [-0.2, 0) is 9.59 Å². The van der Waals surface area contributed by atoms with Crippen molar-refractivity contribution in [2.75, 3.05) is 5.32 Å². The van der Waals surface area contributed by atoms with Crippen LogP contribution in [0.15, 0.2) is 90.0 Å². The fourth-order valence-corrected chi connectivity index (χ4v) is 2.49. The third-order valence-corrected chi connectivity index (χ3v) is 3.88. The van der Waals surface area contributed by atoms with Crippen molar-refractivity contribution < 1.29 is 14.3 Å². The van der Waals surface area contributed by atoms with E-state index in [-0.39, 0.29) is 24.7 Å². The lowest BCUT2D eigenvalue weighted by molar-refractivity contribution is -0.124. The highest BCUT2D eigenvalue weighted by molar-refractivity contribution is 5.93. The Morgan fingerprint density at radius 2 is 1.45 bits per heavy atom. The first-order valence-corrected chi connectivity index (χ1v) is 9.19. The maximum atomic E-state index is 11.9. The first kappa shape index (κ1) is 19.8. The molecule has 0 atom stereocenters. The molecule has 2 amide bonds. The Labute approximate surface area is 169 Å². The van der Waals surface area contributed by atoms with Crippen molar-refractivity contribution in [2.45, 2.75) is 12.8 Å². The van der Waals surface area contributed by atoms with Gasteiger partial charge in [-0.2, -0.15) is 5.10 Å². The van der Waals surface area contributed by atoms with E-state index in [1.54, 1.807) is 12.1 Å². The fourth-order valence-electron chi connectivity index (χ4n) is 2.49. The molecule has 146 valence electrons. The molecule has 3 aromatic rings. The highest BCUT2D eigenvalue weighted by Gasteiger charge is 2.06. The van der Waals surface area contributed by atoms with Gasteiger partial charge >= 0.3 is 0 Å². The predicted molar refractivity (Wildman–Crippen MR) is 113 cm³/mol. The summed E-state index contributed by atoms with van der Waals surface area (Å²) in [6.07, 6.45) is 1.66. The smallest absolute Gasteiger partial charge is 0.240 e. The van der Waals surface area contributed by atoms with E-state index in [4.69, 9.17) is 4.74 Å². The van der Waals surface area contributed by atoms with Gasteiger partial charge in [-0.15, -0.1) is 0 Å². The van der Waals surface area contributed by atoms with Crippen LogP contribution in [0.4, 0.5) is 5.69 Å². The van der Waals surface area contributed by atoms with Crippen molar-refractivity contribution in [1.29, 1.82) is 0 Å². The van der Waals surface area contributed by atoms with E-state index in [1.807, 2.05) is 72.8 Å². The van der Waals surface area contributed by atoms with Crippen molar-refractivity contribution in [3.63, 3.8) is 0 Å². The lowest BCUT2D eigenvalue weighted by Crippen LogP contribution is -2.20. The predicted octanol–water partition coefficient (Wildman–Crippen LogP) is 4.35. The van der Waals surface area contributed by atoms with Crippen LogP contribution in [0.1, 0.15) is 18.4 Å². The van der Waals surface area contributed by atoms with Crippen LogP contribution < -0.4 is 15.5 Å². The molecule has 0 radical (unpaired) electrons. The summed E-state index contributed by atoms with van der Waals surface area (Å²) in [7, 11) is 0. The van der Waals surface area contributed by atoms with Crippen LogP contribution in [0.3, 0.4) is 0 Å². The van der Waals surface area contributed by atoms with Crippen molar-refractivity contribution in [1.82, 2.24) is 5.43 Å². The molecule has 0 spiro atoms. The van der Waals surface area contributed by atoms with Gasteiger partial charge in [-0.25, -0.2) is 5.43 Å². The van der Waals surface area contributed by atoms with Gasteiger partial charge in [-0.05, 0) is 42.0 Å². The molecule has 0 aliphatic heterocycles. The summed E-state index contributed by atoms with van der Waals surface area (Å²) in [5, 5.41) is 6.67. The average molecular weight is 387 g/mol. The molecule has 3 aromatic carbocycles. The summed E-state index contributed by atoms with van der Waals surface area (Å²) >= 11 is 0. The number of carbonyl (C=O) groups is 2. The molecule has 0 fully saturated rings. The molecular formula is C23H21N3O3. The van der Waals surface area contributed by atoms with Crippen molar-refractivity contribution in [3.8, 4) is 11.5 Å². The zero-order valence-electron chi connectivity index (χ0n) is 15.7. The number of anilines is 1. The molecule has 0 aliphatic carbocycles. The highest BCUT2D eigenvalue weighted by atomic mass is 16.5. The normalized spacial score (nSPS) is 10.5. The topological polar surface area (TPSA) is 79.8 Å². The summed E-state index contributed by atoms with van der Waals surface area (Å²) in [6.45, 7) is 0. The SMILES string of the molecule is O=C(CCC(=O)Nc1ccccc1)NN=Cc1cccc(Oc2ccccc2)c1. The number of hydrogen-bond donors (Lipinski definition) is 2. The summed E-state index contributed by atoms with van der Waals surface area (Å²) < 4.78 is 5.77. The number of carbonyl (C=O) groups excluding carboxylic acids is 2. The van der Waals surface area contributed by atoms with Gasteiger partial charge in [0.2, 0.25) is 11.8 Å². The zero-order valence-corrected chi connectivity index (χ0v) is 15.7. The number of hydrogen-bond acceptors (Lipinski definition) is 4. The number of ether oxygens (including phenoxy) is 1. The Kier molecular flexibility index (Phi) is 7.12. The highest BCUT2D eigenvalue weighted by Crippen LogP contribution is 2.21. The number of nitrogens with one attached hydrogen (secondary N) is 2. The molecule has 3 rings (SSSR count). The van der Waals surface area contributed by atoms with Crippen LogP contribution in [0.5, 0.6) is 11.5 Å². The van der Waals surface area contributed by atoms with Crippen molar-refractivity contribution in [2.24, 2.45) is 5.10 Å². The average Bonchev–Trinajstić information content (AvgIpc) is 2.74. The van der Waals surface area contributed by atoms with Crippen LogP contribution in [0, 0.1) is 0 Å². The van der Waals surface area contributed by atoms with Gasteiger partial charge in [0.1, 0.15) is 11.5 Å². The number of para-hydroxylation sites is 2. The summed E-state index contributed by atoms with van der Waals surface area (Å²) in [5.74, 6) is 0.856. The second kappa shape index (κ2) is 10.4. The van der Waals surface area contributed by atoms with Gasteiger partial charge in [0.25, 0.3) is 0 Å². The first-order chi connectivity index (χ1) is 14.2. The Bertz CT molecular complexity index is 973. The molecule has 0 unspecified atom stereocenters. The van der Waals surface area contributed by atoms with Gasteiger partial charge in [0, 0.05) is 18.5 Å². The van der Waals surface area contributed by atoms with E-state index in [0.717, 1.165) is 11.3 Å². The molecular weight excluding hydrogens is 366 g/mol. The Balaban J connectivity index is 1.44. The third kappa shape index (κ3) is 6.95. The quantitative estimate of drug-likeness (QED) is 0.445.